The molecular formula is C20H16Cl2N6. The second-order valence-electron chi connectivity index (χ2n) is 6.22. The van der Waals surface area contributed by atoms with Gasteiger partial charge >= 0.3 is 0 Å². The first-order valence-electron chi connectivity index (χ1n) is 8.61. The predicted molar refractivity (Wildman–Crippen MR) is 111 cm³/mol. The molecule has 28 heavy (non-hydrogen) atoms. The molecule has 8 heteroatoms. The largest absolute Gasteiger partial charge is 0.349 e. The summed E-state index contributed by atoms with van der Waals surface area (Å²) in [7, 11) is 0. The van der Waals surface area contributed by atoms with Crippen molar-refractivity contribution in [3.63, 3.8) is 0 Å². The Morgan fingerprint density at radius 2 is 1.89 bits per heavy atom. The lowest BCUT2D eigenvalue weighted by molar-refractivity contribution is 0.789. The number of nitrogens with zero attached hydrogens (tertiary/aromatic N) is 5. The van der Waals surface area contributed by atoms with E-state index >= 15 is 0 Å². The van der Waals surface area contributed by atoms with Crippen LogP contribution < -0.4 is 5.32 Å². The predicted octanol–water partition coefficient (Wildman–Crippen LogP) is 4.95. The van der Waals surface area contributed by atoms with Crippen LogP contribution in [0.3, 0.4) is 0 Å². The van der Waals surface area contributed by atoms with Crippen molar-refractivity contribution in [2.75, 3.05) is 5.32 Å². The molecule has 0 aliphatic carbocycles. The van der Waals surface area contributed by atoms with Crippen molar-refractivity contribution in [1.29, 1.82) is 0 Å². The Hall–Kier alpha value is -2.96. The minimum Gasteiger partial charge on any atom is -0.349 e. The lowest BCUT2D eigenvalue weighted by atomic mass is 10.0. The Bertz CT molecular complexity index is 1130. The molecule has 0 atom stereocenters. The third-order valence-electron chi connectivity index (χ3n) is 4.25. The number of rotatable bonds is 5. The molecular weight excluding hydrogens is 395 g/mol. The zero-order valence-corrected chi connectivity index (χ0v) is 16.5. The molecule has 2 heterocycles. The van der Waals surface area contributed by atoms with Crippen LogP contribution in [-0.4, -0.2) is 25.2 Å². The summed E-state index contributed by atoms with van der Waals surface area (Å²) in [5.41, 5.74) is 4.79. The summed E-state index contributed by atoms with van der Waals surface area (Å²) in [5.74, 6) is 0.461. The molecule has 0 spiro atoms. The van der Waals surface area contributed by atoms with Gasteiger partial charge < -0.3 is 5.32 Å². The highest BCUT2D eigenvalue weighted by Gasteiger charge is 2.14. The van der Waals surface area contributed by atoms with E-state index < -0.39 is 0 Å². The van der Waals surface area contributed by atoms with E-state index in [1.807, 2.05) is 18.2 Å². The van der Waals surface area contributed by atoms with Crippen LogP contribution in [0.5, 0.6) is 0 Å². The first kappa shape index (κ1) is 18.4. The van der Waals surface area contributed by atoms with Gasteiger partial charge in [0.05, 0.1) is 21.4 Å². The van der Waals surface area contributed by atoms with Crippen molar-refractivity contribution in [2.45, 2.75) is 13.5 Å². The summed E-state index contributed by atoms with van der Waals surface area (Å²) in [6.07, 6.45) is 1.79. The van der Waals surface area contributed by atoms with Crippen LogP contribution in [0, 0.1) is 6.92 Å². The van der Waals surface area contributed by atoms with Gasteiger partial charge in [0.2, 0.25) is 5.95 Å². The molecule has 6 nitrogen and oxygen atoms in total. The zero-order valence-electron chi connectivity index (χ0n) is 15.0. The highest BCUT2D eigenvalue weighted by molar-refractivity contribution is 6.43. The van der Waals surface area contributed by atoms with Gasteiger partial charge in [-0.25, -0.2) is 0 Å². The van der Waals surface area contributed by atoms with E-state index in [-0.39, 0.29) is 0 Å². The molecule has 2 aromatic carbocycles. The molecule has 0 saturated heterocycles. The molecule has 2 aromatic heterocycles. The fraction of sp³-hybridized carbons (Fsp3) is 0.100. The zero-order chi connectivity index (χ0) is 19.5. The number of anilines is 1. The van der Waals surface area contributed by atoms with Crippen LogP contribution in [0.2, 0.25) is 10.0 Å². The topological polar surface area (TPSA) is 68.5 Å². The van der Waals surface area contributed by atoms with Crippen LogP contribution in [0.4, 0.5) is 5.95 Å². The second kappa shape index (κ2) is 7.96. The third kappa shape index (κ3) is 3.69. The summed E-state index contributed by atoms with van der Waals surface area (Å²) in [5, 5.41) is 15.9. The molecule has 4 aromatic rings. The fourth-order valence-electron chi connectivity index (χ4n) is 2.92. The van der Waals surface area contributed by atoms with E-state index in [1.54, 1.807) is 24.4 Å². The van der Waals surface area contributed by atoms with Gasteiger partial charge in [-0.2, -0.15) is 4.68 Å². The summed E-state index contributed by atoms with van der Waals surface area (Å²) in [4.78, 5) is 4.56. The Kier molecular flexibility index (Phi) is 5.23. The quantitative estimate of drug-likeness (QED) is 0.503. The van der Waals surface area contributed by atoms with Crippen molar-refractivity contribution in [2.24, 2.45) is 0 Å². The van der Waals surface area contributed by atoms with Crippen LogP contribution in [0.25, 0.3) is 16.9 Å². The van der Waals surface area contributed by atoms with Crippen molar-refractivity contribution < 1.29 is 0 Å². The lowest BCUT2D eigenvalue weighted by Crippen LogP contribution is -2.09. The molecule has 0 aliphatic rings. The maximum absolute atomic E-state index is 6.31. The molecule has 140 valence electrons. The maximum atomic E-state index is 6.31. The van der Waals surface area contributed by atoms with E-state index in [9.17, 15) is 0 Å². The van der Waals surface area contributed by atoms with Gasteiger partial charge in [0.25, 0.3) is 0 Å². The first-order chi connectivity index (χ1) is 13.6. The van der Waals surface area contributed by atoms with Gasteiger partial charge in [-0.15, -0.1) is 0 Å². The average Bonchev–Trinajstić information content (AvgIpc) is 3.17. The van der Waals surface area contributed by atoms with E-state index in [2.05, 4.69) is 50.9 Å². The number of aromatic nitrogens is 5. The molecule has 0 bridgehead atoms. The third-order valence-corrected chi connectivity index (χ3v) is 5.06. The van der Waals surface area contributed by atoms with Gasteiger partial charge in [0.1, 0.15) is 0 Å². The van der Waals surface area contributed by atoms with Gasteiger partial charge in [0, 0.05) is 18.3 Å². The van der Waals surface area contributed by atoms with Crippen molar-refractivity contribution in [1.82, 2.24) is 25.2 Å². The number of tetrazole rings is 1. The molecule has 0 radical (unpaired) electrons. The summed E-state index contributed by atoms with van der Waals surface area (Å²) < 4.78 is 1.52. The highest BCUT2D eigenvalue weighted by atomic mass is 35.5. The minimum atomic E-state index is 0.390. The SMILES string of the molecule is Cc1cccc(-c2ncccc2CNc2nnnn2-c2cccc(Cl)c2Cl)c1. The van der Waals surface area contributed by atoms with Crippen LogP contribution >= 0.6 is 23.2 Å². The van der Waals surface area contributed by atoms with E-state index in [4.69, 9.17) is 23.2 Å². The standard InChI is InChI=1S/C20H16Cl2N6/c1-13-5-2-6-14(11-13)19-15(7-4-10-23-19)12-24-20-25-26-27-28(20)17-9-3-8-16(21)18(17)22/h2-11H,12H2,1H3,(H,24,25,27). The highest BCUT2D eigenvalue weighted by Crippen LogP contribution is 2.29. The van der Waals surface area contributed by atoms with Crippen LogP contribution in [0.1, 0.15) is 11.1 Å². The van der Waals surface area contributed by atoms with Crippen molar-refractivity contribution in [3.8, 4) is 16.9 Å². The average molecular weight is 411 g/mol. The van der Waals surface area contributed by atoms with E-state index in [0.29, 0.717) is 28.2 Å². The lowest BCUT2D eigenvalue weighted by Gasteiger charge is -2.12. The minimum absolute atomic E-state index is 0.390. The number of halogens is 2. The number of pyridine rings is 1. The van der Waals surface area contributed by atoms with Crippen molar-refractivity contribution in [3.05, 3.63) is 82.0 Å². The maximum Gasteiger partial charge on any atom is 0.248 e. The summed E-state index contributed by atoms with van der Waals surface area (Å²) in [6, 6.07) is 17.5. The summed E-state index contributed by atoms with van der Waals surface area (Å²) in [6.45, 7) is 2.56. The molecule has 0 fully saturated rings. The van der Waals surface area contributed by atoms with Gasteiger partial charge in [-0.3, -0.25) is 4.98 Å². The van der Waals surface area contributed by atoms with Crippen molar-refractivity contribution >= 4 is 29.2 Å². The second-order valence-corrected chi connectivity index (χ2v) is 7.01. The molecule has 0 saturated carbocycles. The number of aryl methyl sites for hydroxylation is 1. The molecule has 4 rings (SSSR count). The van der Waals surface area contributed by atoms with E-state index in [0.717, 1.165) is 16.8 Å². The summed E-state index contributed by atoms with van der Waals surface area (Å²) >= 11 is 12.4. The van der Waals surface area contributed by atoms with Crippen LogP contribution in [-0.2, 0) is 6.54 Å². The monoisotopic (exact) mass is 410 g/mol. The number of hydrogen-bond acceptors (Lipinski definition) is 5. The fourth-order valence-corrected chi connectivity index (χ4v) is 3.30. The van der Waals surface area contributed by atoms with E-state index in [1.165, 1.54) is 10.2 Å². The normalized spacial score (nSPS) is 10.8. The Morgan fingerprint density at radius 1 is 1.04 bits per heavy atom. The Labute approximate surface area is 172 Å². The van der Waals surface area contributed by atoms with Gasteiger partial charge in [-0.1, -0.05) is 64.2 Å². The van der Waals surface area contributed by atoms with Gasteiger partial charge in [-0.05, 0) is 47.2 Å². The smallest absolute Gasteiger partial charge is 0.248 e. The number of hydrogen-bond donors (Lipinski definition) is 1. The number of nitrogens with one attached hydrogen (secondary N) is 1. The molecule has 1 N–H and O–H groups in total. The molecule has 0 aliphatic heterocycles. The number of benzene rings is 2. The molecule has 0 unspecified atom stereocenters. The molecule has 0 amide bonds. The Morgan fingerprint density at radius 3 is 2.75 bits per heavy atom. The van der Waals surface area contributed by atoms with Crippen LogP contribution in [0.15, 0.2) is 60.8 Å². The first-order valence-corrected chi connectivity index (χ1v) is 9.36. The van der Waals surface area contributed by atoms with Gasteiger partial charge in [0.15, 0.2) is 0 Å². The Balaban J connectivity index is 1.62.